The van der Waals surface area contributed by atoms with Crippen LogP contribution in [0.5, 0.6) is 11.5 Å². The van der Waals surface area contributed by atoms with E-state index in [2.05, 4.69) is 15.8 Å². The number of rotatable bonds is 7. The van der Waals surface area contributed by atoms with Crippen LogP contribution in [0.25, 0.3) is 0 Å². The largest absolute Gasteiger partial charge is 0.497 e. The first-order chi connectivity index (χ1) is 12.9. The van der Waals surface area contributed by atoms with Crippen molar-refractivity contribution in [3.05, 3.63) is 53.1 Å². The number of carbonyl (C=O) groups excluding carboxylic acids is 2. The monoisotopic (exact) mass is 389 g/mol. The number of nitrogens with zero attached hydrogens (tertiary/aromatic N) is 1. The molecule has 2 rings (SSSR count). The highest BCUT2D eigenvalue weighted by Gasteiger charge is 2.10. The van der Waals surface area contributed by atoms with Crippen LogP contribution in [0.15, 0.2) is 47.6 Å². The van der Waals surface area contributed by atoms with Gasteiger partial charge in [-0.05, 0) is 49.4 Å². The van der Waals surface area contributed by atoms with Gasteiger partial charge in [0.2, 0.25) is 5.91 Å². The Bertz CT molecular complexity index is 851. The predicted octanol–water partition coefficient (Wildman–Crippen LogP) is 3.49. The van der Waals surface area contributed by atoms with Crippen molar-refractivity contribution < 1.29 is 19.1 Å². The van der Waals surface area contributed by atoms with Crippen LogP contribution in [0.2, 0.25) is 5.02 Å². The highest BCUT2D eigenvalue weighted by Crippen LogP contribution is 2.27. The molecule has 0 spiro atoms. The third-order valence-corrected chi connectivity index (χ3v) is 3.79. The van der Waals surface area contributed by atoms with E-state index in [9.17, 15) is 9.59 Å². The summed E-state index contributed by atoms with van der Waals surface area (Å²) in [4.78, 5) is 24.2. The van der Waals surface area contributed by atoms with Gasteiger partial charge in [-0.3, -0.25) is 9.59 Å². The van der Waals surface area contributed by atoms with Crippen molar-refractivity contribution >= 4 is 34.8 Å². The molecule has 0 aliphatic carbocycles. The summed E-state index contributed by atoms with van der Waals surface area (Å²) in [7, 11) is 3.05. The van der Waals surface area contributed by atoms with E-state index in [-0.39, 0.29) is 18.2 Å². The Hall–Kier alpha value is -3.06. The molecule has 0 bridgehead atoms. The van der Waals surface area contributed by atoms with Crippen molar-refractivity contribution in [3.63, 3.8) is 0 Å². The number of amides is 2. The first-order valence-corrected chi connectivity index (χ1v) is 8.41. The minimum absolute atomic E-state index is 0.00143. The van der Waals surface area contributed by atoms with Gasteiger partial charge in [0.25, 0.3) is 5.91 Å². The third-order valence-electron chi connectivity index (χ3n) is 3.55. The molecular formula is C19H20ClN3O4. The van der Waals surface area contributed by atoms with Gasteiger partial charge in [-0.1, -0.05) is 11.6 Å². The number of hydrogen-bond acceptors (Lipinski definition) is 5. The second-order valence-corrected chi connectivity index (χ2v) is 6.02. The number of carbonyl (C=O) groups is 2. The summed E-state index contributed by atoms with van der Waals surface area (Å²) >= 11 is 5.94. The van der Waals surface area contributed by atoms with E-state index in [4.69, 9.17) is 21.1 Å². The van der Waals surface area contributed by atoms with Gasteiger partial charge < -0.3 is 14.8 Å². The lowest BCUT2D eigenvalue weighted by atomic mass is 10.2. The lowest BCUT2D eigenvalue weighted by molar-refractivity contribution is -0.115. The van der Waals surface area contributed by atoms with E-state index >= 15 is 0 Å². The van der Waals surface area contributed by atoms with Crippen molar-refractivity contribution in [2.24, 2.45) is 5.10 Å². The van der Waals surface area contributed by atoms with Gasteiger partial charge in [0.05, 0.1) is 26.3 Å². The van der Waals surface area contributed by atoms with E-state index < -0.39 is 0 Å². The van der Waals surface area contributed by atoms with Crippen LogP contribution >= 0.6 is 11.6 Å². The number of benzene rings is 2. The molecule has 0 aromatic heterocycles. The second-order valence-electron chi connectivity index (χ2n) is 5.59. The van der Waals surface area contributed by atoms with Crippen LogP contribution < -0.4 is 20.2 Å². The van der Waals surface area contributed by atoms with Crippen molar-refractivity contribution in [1.82, 2.24) is 5.43 Å². The lowest BCUT2D eigenvalue weighted by Crippen LogP contribution is -2.21. The molecule has 0 atom stereocenters. The Morgan fingerprint density at radius 2 is 1.78 bits per heavy atom. The molecule has 27 heavy (non-hydrogen) atoms. The summed E-state index contributed by atoms with van der Waals surface area (Å²) in [6.45, 7) is 1.64. The van der Waals surface area contributed by atoms with Crippen molar-refractivity contribution in [2.45, 2.75) is 13.3 Å². The quantitative estimate of drug-likeness (QED) is 0.560. The molecule has 0 saturated heterocycles. The molecule has 0 aliphatic heterocycles. The van der Waals surface area contributed by atoms with Gasteiger partial charge in [-0.2, -0.15) is 5.10 Å². The maximum atomic E-state index is 12.2. The van der Waals surface area contributed by atoms with Crippen LogP contribution in [0, 0.1) is 0 Å². The van der Waals surface area contributed by atoms with Gasteiger partial charge in [0.15, 0.2) is 0 Å². The maximum absolute atomic E-state index is 12.2. The van der Waals surface area contributed by atoms with Gasteiger partial charge in [-0.15, -0.1) is 0 Å². The number of anilines is 1. The van der Waals surface area contributed by atoms with Crippen molar-refractivity contribution in [3.8, 4) is 11.5 Å². The Balaban J connectivity index is 1.93. The van der Waals surface area contributed by atoms with E-state index in [1.165, 1.54) is 7.11 Å². The van der Waals surface area contributed by atoms with Crippen LogP contribution in [0.4, 0.5) is 5.69 Å². The highest BCUT2D eigenvalue weighted by molar-refractivity contribution is 6.31. The Kier molecular flexibility index (Phi) is 7.19. The molecule has 0 heterocycles. The predicted molar refractivity (Wildman–Crippen MR) is 105 cm³/mol. The van der Waals surface area contributed by atoms with Gasteiger partial charge >= 0.3 is 0 Å². The molecule has 0 radical (unpaired) electrons. The SMILES string of the molecule is COc1ccc(C(=O)NN=C(C)CC(=O)Nc2cc(Cl)ccc2OC)cc1. The van der Waals surface area contributed by atoms with Gasteiger partial charge in [-0.25, -0.2) is 5.43 Å². The van der Waals surface area contributed by atoms with Gasteiger partial charge in [0, 0.05) is 16.3 Å². The minimum atomic E-state index is -0.381. The molecule has 142 valence electrons. The molecule has 8 heteroatoms. The summed E-state index contributed by atoms with van der Waals surface area (Å²) in [5.41, 5.74) is 3.75. The van der Waals surface area contributed by atoms with Crippen LogP contribution in [0.3, 0.4) is 0 Å². The number of hydrogen-bond donors (Lipinski definition) is 2. The summed E-state index contributed by atoms with van der Waals surface area (Å²) < 4.78 is 10.2. The molecule has 2 amide bonds. The second kappa shape index (κ2) is 9.59. The van der Waals surface area contributed by atoms with Crippen LogP contribution in [-0.4, -0.2) is 31.7 Å². The first-order valence-electron chi connectivity index (χ1n) is 8.04. The molecule has 0 saturated carbocycles. The molecule has 2 aromatic carbocycles. The minimum Gasteiger partial charge on any atom is -0.497 e. The summed E-state index contributed by atoms with van der Waals surface area (Å²) in [5, 5.41) is 7.14. The zero-order valence-corrected chi connectivity index (χ0v) is 16.0. The average molecular weight is 390 g/mol. The van der Waals surface area contributed by atoms with E-state index in [0.29, 0.717) is 33.5 Å². The summed E-state index contributed by atoms with van der Waals surface area (Å²) in [6.07, 6.45) is -0.00143. The topological polar surface area (TPSA) is 89.0 Å². The number of methoxy groups -OCH3 is 2. The zero-order valence-electron chi connectivity index (χ0n) is 15.2. The van der Waals surface area contributed by atoms with Crippen molar-refractivity contribution in [1.29, 1.82) is 0 Å². The summed E-state index contributed by atoms with van der Waals surface area (Å²) in [6, 6.07) is 11.5. The standard InChI is InChI=1S/C19H20ClN3O4/c1-12(22-23-19(25)13-4-7-15(26-2)8-5-13)10-18(24)21-16-11-14(20)6-9-17(16)27-3/h4-9,11H,10H2,1-3H3,(H,21,24)(H,23,25). The lowest BCUT2D eigenvalue weighted by Gasteiger charge is -2.10. The Morgan fingerprint density at radius 3 is 2.41 bits per heavy atom. The molecule has 2 aromatic rings. The van der Waals surface area contributed by atoms with Crippen LogP contribution in [-0.2, 0) is 4.79 Å². The smallest absolute Gasteiger partial charge is 0.271 e. The molecule has 7 nitrogen and oxygen atoms in total. The maximum Gasteiger partial charge on any atom is 0.271 e. The number of ether oxygens (including phenoxy) is 2. The fourth-order valence-electron chi connectivity index (χ4n) is 2.20. The molecule has 2 N–H and O–H groups in total. The summed E-state index contributed by atoms with van der Waals surface area (Å²) in [5.74, 6) is 0.457. The highest BCUT2D eigenvalue weighted by atomic mass is 35.5. The molecule has 0 fully saturated rings. The molecule has 0 unspecified atom stereocenters. The Morgan fingerprint density at radius 1 is 1.07 bits per heavy atom. The average Bonchev–Trinajstić information content (AvgIpc) is 2.66. The molecular weight excluding hydrogens is 370 g/mol. The normalized spacial score (nSPS) is 10.9. The van der Waals surface area contributed by atoms with E-state index in [0.717, 1.165) is 0 Å². The van der Waals surface area contributed by atoms with Crippen molar-refractivity contribution in [2.75, 3.05) is 19.5 Å². The molecule has 0 aliphatic rings. The first kappa shape index (κ1) is 20.3. The zero-order chi connectivity index (χ0) is 19.8. The van der Waals surface area contributed by atoms with Crippen LogP contribution in [0.1, 0.15) is 23.7 Å². The van der Waals surface area contributed by atoms with E-state index in [1.807, 2.05) is 0 Å². The number of halogens is 1. The fourth-order valence-corrected chi connectivity index (χ4v) is 2.37. The number of hydrazone groups is 1. The van der Waals surface area contributed by atoms with E-state index in [1.54, 1.807) is 56.5 Å². The fraction of sp³-hybridized carbons (Fsp3) is 0.211. The van der Waals surface area contributed by atoms with Gasteiger partial charge in [0.1, 0.15) is 11.5 Å². The Labute approximate surface area is 162 Å². The third kappa shape index (κ3) is 6.00. The number of nitrogens with one attached hydrogen (secondary N) is 2.